The van der Waals surface area contributed by atoms with Crippen LogP contribution in [0.1, 0.15) is 37.3 Å². The molecule has 0 aliphatic carbocycles. The molecule has 0 aromatic heterocycles. The molecule has 0 radical (unpaired) electrons. The van der Waals surface area contributed by atoms with E-state index in [1.54, 1.807) is 6.07 Å². The molecular weight excluding hydrogens is 189 g/mol. The highest BCUT2D eigenvalue weighted by Crippen LogP contribution is 2.20. The number of hydrogen-bond acceptors (Lipinski definition) is 1. The largest absolute Gasteiger partial charge is 0.317 e. The van der Waals surface area contributed by atoms with Crippen LogP contribution < -0.4 is 5.32 Å². The van der Waals surface area contributed by atoms with Crippen molar-refractivity contribution in [1.29, 1.82) is 0 Å². The SMILES string of the molecule is CCNCCC(C)c1ccc(F)c(C)c1. The third-order valence-electron chi connectivity index (χ3n) is 2.76. The van der Waals surface area contributed by atoms with Gasteiger partial charge in [0, 0.05) is 0 Å². The molecule has 1 rings (SSSR count). The summed E-state index contributed by atoms with van der Waals surface area (Å²) in [6.45, 7) is 8.13. The molecule has 0 aliphatic rings. The molecule has 84 valence electrons. The molecule has 1 atom stereocenters. The van der Waals surface area contributed by atoms with Gasteiger partial charge in [0.25, 0.3) is 0 Å². The Hall–Kier alpha value is -0.890. The van der Waals surface area contributed by atoms with Crippen LogP contribution in [0, 0.1) is 12.7 Å². The first-order chi connectivity index (χ1) is 7.15. The average Bonchev–Trinajstić information content (AvgIpc) is 2.22. The van der Waals surface area contributed by atoms with Crippen LogP contribution in [0.4, 0.5) is 4.39 Å². The first kappa shape index (κ1) is 12.2. The summed E-state index contributed by atoms with van der Waals surface area (Å²) in [5.74, 6) is 0.376. The second-order valence-corrected chi connectivity index (χ2v) is 4.05. The van der Waals surface area contributed by atoms with Gasteiger partial charge in [-0.1, -0.05) is 26.0 Å². The summed E-state index contributed by atoms with van der Waals surface area (Å²) in [6.07, 6.45) is 1.10. The van der Waals surface area contributed by atoms with E-state index < -0.39 is 0 Å². The molecule has 0 bridgehead atoms. The lowest BCUT2D eigenvalue weighted by Crippen LogP contribution is -2.16. The third kappa shape index (κ3) is 3.63. The van der Waals surface area contributed by atoms with Crippen LogP contribution in [0.5, 0.6) is 0 Å². The standard InChI is InChI=1S/C13H20FN/c1-4-15-8-7-10(2)12-5-6-13(14)11(3)9-12/h5-6,9-10,15H,4,7-8H2,1-3H3. The summed E-state index contributed by atoms with van der Waals surface area (Å²) in [5.41, 5.74) is 1.97. The Morgan fingerprint density at radius 1 is 1.40 bits per heavy atom. The summed E-state index contributed by atoms with van der Waals surface area (Å²) < 4.78 is 13.1. The van der Waals surface area contributed by atoms with Crippen LogP contribution >= 0.6 is 0 Å². The van der Waals surface area contributed by atoms with E-state index in [1.165, 1.54) is 5.56 Å². The molecule has 0 amide bonds. The number of aryl methyl sites for hydroxylation is 1. The van der Waals surface area contributed by atoms with Crippen LogP contribution in [-0.4, -0.2) is 13.1 Å². The van der Waals surface area contributed by atoms with Crippen molar-refractivity contribution in [3.63, 3.8) is 0 Å². The summed E-state index contributed by atoms with van der Waals surface area (Å²) in [7, 11) is 0. The number of hydrogen-bond donors (Lipinski definition) is 1. The topological polar surface area (TPSA) is 12.0 Å². The third-order valence-corrected chi connectivity index (χ3v) is 2.76. The zero-order chi connectivity index (χ0) is 11.3. The zero-order valence-corrected chi connectivity index (χ0v) is 9.81. The molecular formula is C13H20FN. The monoisotopic (exact) mass is 209 g/mol. The van der Waals surface area contributed by atoms with Gasteiger partial charge in [0.2, 0.25) is 0 Å². The molecule has 0 fully saturated rings. The van der Waals surface area contributed by atoms with Crippen LogP contribution in [0.3, 0.4) is 0 Å². The Balaban J connectivity index is 2.57. The van der Waals surface area contributed by atoms with Crippen molar-refractivity contribution in [1.82, 2.24) is 5.32 Å². The predicted molar refractivity (Wildman–Crippen MR) is 62.7 cm³/mol. The van der Waals surface area contributed by atoms with Gasteiger partial charge in [-0.05, 0) is 49.5 Å². The maximum Gasteiger partial charge on any atom is 0.126 e. The second-order valence-electron chi connectivity index (χ2n) is 4.05. The van der Waals surface area contributed by atoms with E-state index in [1.807, 2.05) is 19.1 Å². The Bertz CT molecular complexity index is 309. The number of rotatable bonds is 5. The fourth-order valence-corrected chi connectivity index (χ4v) is 1.64. The molecule has 1 aromatic rings. The van der Waals surface area contributed by atoms with Gasteiger partial charge in [-0.2, -0.15) is 0 Å². The van der Waals surface area contributed by atoms with Crippen LogP contribution in [0.2, 0.25) is 0 Å². The van der Waals surface area contributed by atoms with Crippen molar-refractivity contribution in [2.75, 3.05) is 13.1 Å². The van der Waals surface area contributed by atoms with Crippen LogP contribution in [0.25, 0.3) is 0 Å². The predicted octanol–water partition coefficient (Wildman–Crippen LogP) is 3.24. The molecule has 15 heavy (non-hydrogen) atoms. The van der Waals surface area contributed by atoms with Crippen LogP contribution in [0.15, 0.2) is 18.2 Å². The van der Waals surface area contributed by atoms with E-state index in [9.17, 15) is 4.39 Å². The molecule has 0 aliphatic heterocycles. The first-order valence-electron chi connectivity index (χ1n) is 5.62. The van der Waals surface area contributed by atoms with E-state index in [0.29, 0.717) is 5.92 Å². The maximum atomic E-state index is 13.1. The second kappa shape index (κ2) is 5.86. The van der Waals surface area contributed by atoms with E-state index in [4.69, 9.17) is 0 Å². The summed E-state index contributed by atoms with van der Waals surface area (Å²) in [4.78, 5) is 0. The van der Waals surface area contributed by atoms with E-state index in [0.717, 1.165) is 25.1 Å². The maximum absolute atomic E-state index is 13.1. The number of nitrogens with one attached hydrogen (secondary N) is 1. The van der Waals surface area contributed by atoms with Gasteiger partial charge in [0.1, 0.15) is 5.82 Å². The van der Waals surface area contributed by atoms with Gasteiger partial charge in [-0.3, -0.25) is 0 Å². The van der Waals surface area contributed by atoms with Crippen molar-refractivity contribution in [2.45, 2.75) is 33.1 Å². The zero-order valence-electron chi connectivity index (χ0n) is 9.81. The summed E-state index contributed by atoms with van der Waals surface area (Å²) in [5, 5.41) is 3.30. The molecule has 1 unspecified atom stereocenters. The Kier molecular flexibility index (Phi) is 4.76. The molecule has 1 aromatic carbocycles. The molecule has 1 N–H and O–H groups in total. The van der Waals surface area contributed by atoms with E-state index in [-0.39, 0.29) is 5.82 Å². The molecule has 0 saturated carbocycles. The van der Waals surface area contributed by atoms with E-state index in [2.05, 4.69) is 19.2 Å². The number of benzene rings is 1. The average molecular weight is 209 g/mol. The lowest BCUT2D eigenvalue weighted by atomic mass is 9.96. The highest BCUT2D eigenvalue weighted by Gasteiger charge is 2.06. The minimum Gasteiger partial charge on any atom is -0.317 e. The van der Waals surface area contributed by atoms with Gasteiger partial charge >= 0.3 is 0 Å². The minimum absolute atomic E-state index is 0.113. The van der Waals surface area contributed by atoms with Crippen molar-refractivity contribution in [3.8, 4) is 0 Å². The van der Waals surface area contributed by atoms with Crippen LogP contribution in [-0.2, 0) is 0 Å². The fourth-order valence-electron chi connectivity index (χ4n) is 1.64. The Labute approximate surface area is 91.7 Å². The highest BCUT2D eigenvalue weighted by atomic mass is 19.1. The highest BCUT2D eigenvalue weighted by molar-refractivity contribution is 5.26. The Morgan fingerprint density at radius 2 is 2.13 bits per heavy atom. The van der Waals surface area contributed by atoms with Crippen molar-refractivity contribution >= 4 is 0 Å². The summed E-state index contributed by atoms with van der Waals surface area (Å²) in [6, 6.07) is 5.40. The van der Waals surface area contributed by atoms with Crippen molar-refractivity contribution < 1.29 is 4.39 Å². The molecule has 2 heteroatoms. The Morgan fingerprint density at radius 3 is 2.73 bits per heavy atom. The van der Waals surface area contributed by atoms with Crippen molar-refractivity contribution in [3.05, 3.63) is 35.1 Å². The quantitative estimate of drug-likeness (QED) is 0.734. The molecule has 0 saturated heterocycles. The van der Waals surface area contributed by atoms with Gasteiger partial charge < -0.3 is 5.32 Å². The molecule has 1 nitrogen and oxygen atoms in total. The van der Waals surface area contributed by atoms with Crippen molar-refractivity contribution in [2.24, 2.45) is 0 Å². The normalized spacial score (nSPS) is 12.8. The molecule has 0 heterocycles. The lowest BCUT2D eigenvalue weighted by molar-refractivity contribution is 0.599. The first-order valence-corrected chi connectivity index (χ1v) is 5.62. The van der Waals surface area contributed by atoms with Gasteiger partial charge in [-0.15, -0.1) is 0 Å². The smallest absolute Gasteiger partial charge is 0.126 e. The van der Waals surface area contributed by atoms with Gasteiger partial charge in [-0.25, -0.2) is 4.39 Å². The van der Waals surface area contributed by atoms with E-state index >= 15 is 0 Å². The number of halogens is 1. The van der Waals surface area contributed by atoms with Gasteiger partial charge in [0.15, 0.2) is 0 Å². The van der Waals surface area contributed by atoms with Gasteiger partial charge in [0.05, 0.1) is 0 Å². The minimum atomic E-state index is -0.113. The fraction of sp³-hybridized carbons (Fsp3) is 0.538. The molecule has 0 spiro atoms. The lowest BCUT2D eigenvalue weighted by Gasteiger charge is -2.12. The summed E-state index contributed by atoms with van der Waals surface area (Å²) >= 11 is 0.